The summed E-state index contributed by atoms with van der Waals surface area (Å²) < 4.78 is 24.5. The van der Waals surface area contributed by atoms with Gasteiger partial charge in [-0.2, -0.15) is 0 Å². The number of hydrogen-bond acceptors (Lipinski definition) is 3. The van der Waals surface area contributed by atoms with Crippen LogP contribution in [0.4, 0.5) is 4.39 Å². The summed E-state index contributed by atoms with van der Waals surface area (Å²) in [5.74, 6) is 1.48. The quantitative estimate of drug-likeness (QED) is 0.298. The van der Waals surface area contributed by atoms with Crippen molar-refractivity contribution in [3.63, 3.8) is 0 Å². The second-order valence-electron chi connectivity index (χ2n) is 7.58. The summed E-state index contributed by atoms with van der Waals surface area (Å²) in [5, 5.41) is 6.76. The molecule has 1 fully saturated rings. The minimum Gasteiger partial charge on any atom is -0.496 e. The van der Waals surface area contributed by atoms with E-state index in [2.05, 4.69) is 23.6 Å². The maximum atomic E-state index is 13.4. The van der Waals surface area contributed by atoms with Crippen LogP contribution in [0.5, 0.6) is 5.75 Å². The van der Waals surface area contributed by atoms with Gasteiger partial charge in [0.25, 0.3) is 0 Å². The topological polar surface area (TPSA) is 54.9 Å². The van der Waals surface area contributed by atoms with Gasteiger partial charge in [0.2, 0.25) is 0 Å². The lowest BCUT2D eigenvalue weighted by atomic mass is 9.74. The highest BCUT2D eigenvalue weighted by Gasteiger charge is 2.34. The standard InChI is InChI=1S/C24H32FN3O2.HI/c1-3-26-23(27-15-12-19-6-4-5-7-22(19)29-2)28-18-24(13-16-30-17-14-24)20-8-10-21(25)11-9-20;/h4-11H,3,12-18H2,1-2H3,(H2,26,27,28);1H. The van der Waals surface area contributed by atoms with Gasteiger partial charge in [0, 0.05) is 31.7 Å². The highest BCUT2D eigenvalue weighted by Crippen LogP contribution is 2.35. The van der Waals surface area contributed by atoms with Crippen molar-refractivity contribution < 1.29 is 13.9 Å². The Morgan fingerprint density at radius 1 is 1.10 bits per heavy atom. The number of rotatable bonds is 8. The molecule has 0 aliphatic carbocycles. The van der Waals surface area contributed by atoms with Crippen molar-refractivity contribution in [1.29, 1.82) is 0 Å². The van der Waals surface area contributed by atoms with E-state index in [9.17, 15) is 4.39 Å². The van der Waals surface area contributed by atoms with Crippen LogP contribution in [-0.4, -0.2) is 45.9 Å². The van der Waals surface area contributed by atoms with Crippen molar-refractivity contribution in [2.75, 3.05) is 40.0 Å². The maximum absolute atomic E-state index is 13.4. The van der Waals surface area contributed by atoms with E-state index in [0.717, 1.165) is 55.2 Å². The molecule has 0 bridgehead atoms. The number of nitrogens with zero attached hydrogens (tertiary/aromatic N) is 1. The molecule has 0 saturated carbocycles. The molecule has 1 saturated heterocycles. The average Bonchev–Trinajstić information content (AvgIpc) is 2.79. The van der Waals surface area contributed by atoms with Crippen molar-refractivity contribution >= 4 is 29.9 Å². The van der Waals surface area contributed by atoms with Crippen LogP contribution in [0.2, 0.25) is 0 Å². The third-order valence-corrected chi connectivity index (χ3v) is 5.67. The van der Waals surface area contributed by atoms with Gasteiger partial charge in [0.15, 0.2) is 5.96 Å². The predicted molar refractivity (Wildman–Crippen MR) is 134 cm³/mol. The van der Waals surface area contributed by atoms with Gasteiger partial charge in [-0.25, -0.2) is 4.39 Å². The van der Waals surface area contributed by atoms with E-state index < -0.39 is 0 Å². The number of benzene rings is 2. The zero-order valence-electron chi connectivity index (χ0n) is 18.3. The van der Waals surface area contributed by atoms with E-state index in [1.54, 1.807) is 7.11 Å². The average molecular weight is 541 g/mol. The number of halogens is 2. The van der Waals surface area contributed by atoms with E-state index in [0.29, 0.717) is 19.8 Å². The lowest BCUT2D eigenvalue weighted by molar-refractivity contribution is 0.0531. The Labute approximate surface area is 201 Å². The van der Waals surface area contributed by atoms with Gasteiger partial charge in [0.05, 0.1) is 13.7 Å². The molecule has 0 spiro atoms. The summed E-state index contributed by atoms with van der Waals surface area (Å²) in [6.07, 6.45) is 2.59. The molecule has 3 rings (SSSR count). The van der Waals surface area contributed by atoms with Crippen LogP contribution in [0.15, 0.2) is 53.5 Å². The molecule has 2 aromatic rings. The number of hydrogen-bond donors (Lipinski definition) is 2. The lowest BCUT2D eigenvalue weighted by Gasteiger charge is -2.36. The molecule has 0 amide bonds. The van der Waals surface area contributed by atoms with E-state index in [1.165, 1.54) is 12.1 Å². The zero-order valence-corrected chi connectivity index (χ0v) is 20.7. The molecule has 2 N–H and O–H groups in total. The van der Waals surface area contributed by atoms with E-state index >= 15 is 0 Å². The lowest BCUT2D eigenvalue weighted by Crippen LogP contribution is -2.41. The Kier molecular flexibility index (Phi) is 10.5. The first-order chi connectivity index (χ1) is 14.7. The molecule has 2 aromatic carbocycles. The predicted octanol–water partition coefficient (Wildman–Crippen LogP) is 4.30. The van der Waals surface area contributed by atoms with E-state index in [4.69, 9.17) is 14.5 Å². The van der Waals surface area contributed by atoms with Crippen molar-refractivity contribution in [2.45, 2.75) is 31.6 Å². The fourth-order valence-electron chi connectivity index (χ4n) is 3.90. The Morgan fingerprint density at radius 3 is 2.48 bits per heavy atom. The molecular weight excluding hydrogens is 508 g/mol. The van der Waals surface area contributed by atoms with Crippen LogP contribution in [-0.2, 0) is 16.6 Å². The summed E-state index contributed by atoms with van der Waals surface area (Å²) in [5.41, 5.74) is 2.16. The molecule has 170 valence electrons. The van der Waals surface area contributed by atoms with E-state index in [-0.39, 0.29) is 35.2 Å². The first kappa shape index (κ1) is 25.4. The monoisotopic (exact) mass is 541 g/mol. The van der Waals surface area contributed by atoms with Gasteiger partial charge in [0.1, 0.15) is 11.6 Å². The molecule has 1 heterocycles. The van der Waals surface area contributed by atoms with E-state index in [1.807, 2.05) is 30.3 Å². The Hall–Kier alpha value is -1.87. The summed E-state index contributed by atoms with van der Waals surface area (Å²) in [6, 6.07) is 14.9. The smallest absolute Gasteiger partial charge is 0.191 e. The van der Waals surface area contributed by atoms with Crippen LogP contribution < -0.4 is 15.4 Å². The summed E-state index contributed by atoms with van der Waals surface area (Å²) >= 11 is 0. The first-order valence-corrected chi connectivity index (χ1v) is 10.6. The molecule has 1 aliphatic heterocycles. The number of para-hydroxylation sites is 1. The van der Waals surface area contributed by atoms with Gasteiger partial charge in [-0.3, -0.25) is 4.99 Å². The Bertz CT molecular complexity index is 824. The van der Waals surface area contributed by atoms with Crippen LogP contribution in [0.3, 0.4) is 0 Å². The number of methoxy groups -OCH3 is 1. The van der Waals surface area contributed by atoms with Crippen LogP contribution >= 0.6 is 24.0 Å². The summed E-state index contributed by atoms with van der Waals surface area (Å²) in [7, 11) is 1.70. The van der Waals surface area contributed by atoms with Crippen molar-refractivity contribution in [3.8, 4) is 5.75 Å². The highest BCUT2D eigenvalue weighted by atomic mass is 127. The molecule has 0 atom stereocenters. The van der Waals surface area contributed by atoms with Gasteiger partial charge in [-0.15, -0.1) is 24.0 Å². The fraction of sp³-hybridized carbons (Fsp3) is 0.458. The highest BCUT2D eigenvalue weighted by molar-refractivity contribution is 14.0. The Morgan fingerprint density at radius 2 is 1.81 bits per heavy atom. The minimum atomic E-state index is -0.212. The maximum Gasteiger partial charge on any atom is 0.191 e. The summed E-state index contributed by atoms with van der Waals surface area (Å²) in [4.78, 5) is 4.90. The molecule has 0 aromatic heterocycles. The molecule has 1 aliphatic rings. The van der Waals surface area contributed by atoms with Gasteiger partial charge >= 0.3 is 0 Å². The number of ether oxygens (including phenoxy) is 2. The molecule has 0 radical (unpaired) electrons. The Balaban J connectivity index is 0.00000341. The largest absolute Gasteiger partial charge is 0.496 e. The minimum absolute atomic E-state index is 0. The number of guanidine groups is 1. The van der Waals surface area contributed by atoms with Crippen LogP contribution in [0, 0.1) is 5.82 Å². The molecule has 5 nitrogen and oxygen atoms in total. The molecule has 31 heavy (non-hydrogen) atoms. The fourth-order valence-corrected chi connectivity index (χ4v) is 3.90. The second kappa shape index (κ2) is 12.9. The van der Waals surface area contributed by atoms with Crippen molar-refractivity contribution in [2.24, 2.45) is 4.99 Å². The second-order valence-corrected chi connectivity index (χ2v) is 7.58. The van der Waals surface area contributed by atoms with Crippen molar-refractivity contribution in [1.82, 2.24) is 10.6 Å². The van der Waals surface area contributed by atoms with Gasteiger partial charge in [-0.05, 0) is 55.5 Å². The third-order valence-electron chi connectivity index (χ3n) is 5.67. The van der Waals surface area contributed by atoms with Crippen LogP contribution in [0.25, 0.3) is 0 Å². The molecule has 0 unspecified atom stereocenters. The molecular formula is C24H33FIN3O2. The van der Waals surface area contributed by atoms with Gasteiger partial charge < -0.3 is 20.1 Å². The van der Waals surface area contributed by atoms with Crippen LogP contribution in [0.1, 0.15) is 30.9 Å². The first-order valence-electron chi connectivity index (χ1n) is 10.6. The van der Waals surface area contributed by atoms with Gasteiger partial charge in [-0.1, -0.05) is 30.3 Å². The number of aliphatic imine (C=N–C) groups is 1. The summed E-state index contributed by atoms with van der Waals surface area (Å²) in [6.45, 7) is 5.62. The third kappa shape index (κ3) is 7.07. The van der Waals surface area contributed by atoms with Crippen molar-refractivity contribution in [3.05, 3.63) is 65.5 Å². The zero-order chi connectivity index (χ0) is 21.2. The number of nitrogens with one attached hydrogen (secondary N) is 2. The SMILES string of the molecule is CCNC(=NCC1(c2ccc(F)cc2)CCOCC1)NCCc1ccccc1OC.I. The normalized spacial score (nSPS) is 15.6. The molecule has 7 heteroatoms.